The first-order chi connectivity index (χ1) is 11.1. The van der Waals surface area contributed by atoms with E-state index in [1.165, 1.54) is 0 Å². The molecule has 23 heavy (non-hydrogen) atoms. The number of aliphatic hydroxyl groups is 1. The van der Waals surface area contributed by atoms with E-state index in [9.17, 15) is 9.90 Å². The molecule has 1 amide bonds. The van der Waals surface area contributed by atoms with Crippen molar-refractivity contribution < 1.29 is 19.4 Å². The summed E-state index contributed by atoms with van der Waals surface area (Å²) in [5, 5.41) is 9.48. The Morgan fingerprint density at radius 3 is 2.57 bits per heavy atom. The van der Waals surface area contributed by atoms with Gasteiger partial charge in [0, 0.05) is 19.7 Å². The van der Waals surface area contributed by atoms with Gasteiger partial charge in [0.05, 0.1) is 25.9 Å². The molecule has 1 N–H and O–H groups in total. The third kappa shape index (κ3) is 4.12. The highest BCUT2D eigenvalue weighted by Gasteiger charge is 2.34. The lowest BCUT2D eigenvalue weighted by Crippen LogP contribution is -2.37. The minimum Gasteiger partial charge on any atom is -0.497 e. The van der Waals surface area contributed by atoms with E-state index in [1.54, 1.807) is 25.2 Å². The zero-order chi connectivity index (χ0) is 16.8. The van der Waals surface area contributed by atoms with Crippen LogP contribution in [0, 0.1) is 0 Å². The number of carbonyl (C=O) groups is 1. The van der Waals surface area contributed by atoms with Crippen molar-refractivity contribution >= 4 is 11.5 Å². The number of rotatable bonds is 6. The minimum absolute atomic E-state index is 0.00411. The van der Waals surface area contributed by atoms with Crippen molar-refractivity contribution in [3.8, 4) is 5.75 Å². The number of methoxy groups -OCH3 is 2. The predicted octanol–water partition coefficient (Wildman–Crippen LogP) is 2.10. The molecule has 1 aliphatic rings. The van der Waals surface area contributed by atoms with Crippen LogP contribution in [-0.4, -0.2) is 55.4 Å². The molecule has 5 heteroatoms. The Kier molecular flexibility index (Phi) is 6.19. The van der Waals surface area contributed by atoms with Gasteiger partial charge in [-0.05, 0) is 36.1 Å². The van der Waals surface area contributed by atoms with E-state index >= 15 is 0 Å². The van der Waals surface area contributed by atoms with Crippen molar-refractivity contribution in [1.29, 1.82) is 0 Å². The third-order valence-electron chi connectivity index (χ3n) is 4.34. The standard InChI is InChI=1S/C18H25NO4/c1-4-13(14-5-7-16(22-2)8-6-14)9-18(21)19-11-17(23-3)10-15(19)12-20/h5-9,15,17,20H,4,10-12H2,1-3H3/b13-9+/t15-,17+/m0/s1. The molecule has 0 aliphatic carbocycles. The summed E-state index contributed by atoms with van der Waals surface area (Å²) in [6.45, 7) is 2.51. The lowest BCUT2D eigenvalue weighted by molar-refractivity contribution is -0.127. The minimum atomic E-state index is -0.169. The number of allylic oxidation sites excluding steroid dienone is 1. The second-order valence-electron chi connectivity index (χ2n) is 5.67. The molecular formula is C18H25NO4. The summed E-state index contributed by atoms with van der Waals surface area (Å²) in [5.74, 6) is 0.717. The van der Waals surface area contributed by atoms with Gasteiger partial charge < -0.3 is 19.5 Å². The fraction of sp³-hybridized carbons (Fsp3) is 0.500. The number of carbonyl (C=O) groups excluding carboxylic acids is 1. The summed E-state index contributed by atoms with van der Waals surface area (Å²) in [4.78, 5) is 14.3. The van der Waals surface area contributed by atoms with Crippen LogP contribution < -0.4 is 4.74 Å². The van der Waals surface area contributed by atoms with Crippen LogP contribution in [0.4, 0.5) is 0 Å². The Bertz CT molecular complexity index is 553. The Morgan fingerprint density at radius 1 is 1.35 bits per heavy atom. The van der Waals surface area contributed by atoms with Crippen molar-refractivity contribution in [2.45, 2.75) is 31.9 Å². The number of hydrogen-bond acceptors (Lipinski definition) is 4. The molecule has 0 unspecified atom stereocenters. The van der Waals surface area contributed by atoms with Crippen molar-refractivity contribution in [2.75, 3.05) is 27.4 Å². The summed E-state index contributed by atoms with van der Waals surface area (Å²) < 4.78 is 10.5. The lowest BCUT2D eigenvalue weighted by Gasteiger charge is -2.21. The lowest BCUT2D eigenvalue weighted by atomic mass is 10.0. The Hall–Kier alpha value is -1.85. The zero-order valence-corrected chi connectivity index (χ0v) is 14.0. The van der Waals surface area contributed by atoms with Crippen LogP contribution in [0.5, 0.6) is 5.75 Å². The van der Waals surface area contributed by atoms with Gasteiger partial charge in [0.25, 0.3) is 0 Å². The Morgan fingerprint density at radius 2 is 2.04 bits per heavy atom. The highest BCUT2D eigenvalue weighted by atomic mass is 16.5. The van der Waals surface area contributed by atoms with Gasteiger partial charge in [0.15, 0.2) is 0 Å². The number of amides is 1. The molecule has 1 saturated heterocycles. The molecule has 0 spiro atoms. The first-order valence-corrected chi connectivity index (χ1v) is 7.92. The molecule has 2 rings (SSSR count). The summed E-state index contributed by atoms with van der Waals surface area (Å²) in [6.07, 6.45) is 3.10. The topological polar surface area (TPSA) is 59.0 Å². The Labute approximate surface area is 137 Å². The van der Waals surface area contributed by atoms with Crippen LogP contribution in [0.25, 0.3) is 5.57 Å². The highest BCUT2D eigenvalue weighted by molar-refractivity contribution is 5.95. The second kappa shape index (κ2) is 8.13. The van der Waals surface area contributed by atoms with Crippen molar-refractivity contribution in [2.24, 2.45) is 0 Å². The van der Waals surface area contributed by atoms with Crippen LogP contribution in [0.3, 0.4) is 0 Å². The number of hydrogen-bond donors (Lipinski definition) is 1. The number of aliphatic hydroxyl groups excluding tert-OH is 1. The maximum atomic E-state index is 12.6. The van der Waals surface area contributed by atoms with Crippen LogP contribution in [-0.2, 0) is 9.53 Å². The molecule has 0 saturated carbocycles. The number of likely N-dealkylation sites (tertiary alicyclic amines) is 1. The van der Waals surface area contributed by atoms with Gasteiger partial charge in [-0.15, -0.1) is 0 Å². The summed E-state index contributed by atoms with van der Waals surface area (Å²) in [6, 6.07) is 7.50. The van der Waals surface area contributed by atoms with E-state index in [0.29, 0.717) is 13.0 Å². The molecular weight excluding hydrogens is 294 g/mol. The Balaban J connectivity index is 2.17. The molecule has 0 radical (unpaired) electrons. The normalized spacial score (nSPS) is 21.6. The summed E-state index contributed by atoms with van der Waals surface area (Å²) in [7, 11) is 3.27. The maximum absolute atomic E-state index is 12.6. The molecule has 1 fully saturated rings. The molecule has 0 aromatic heterocycles. The van der Waals surface area contributed by atoms with Gasteiger partial charge >= 0.3 is 0 Å². The van der Waals surface area contributed by atoms with E-state index in [-0.39, 0.29) is 24.7 Å². The fourth-order valence-electron chi connectivity index (χ4n) is 2.91. The van der Waals surface area contributed by atoms with E-state index in [1.807, 2.05) is 31.2 Å². The SMILES string of the molecule is CC/C(=C\C(=O)N1C[C@H](OC)C[C@H]1CO)c1ccc(OC)cc1. The number of ether oxygens (including phenoxy) is 2. The largest absolute Gasteiger partial charge is 0.497 e. The van der Waals surface area contributed by atoms with Gasteiger partial charge in [-0.2, -0.15) is 0 Å². The van der Waals surface area contributed by atoms with Crippen LogP contribution >= 0.6 is 0 Å². The first-order valence-electron chi connectivity index (χ1n) is 7.92. The monoisotopic (exact) mass is 319 g/mol. The van der Waals surface area contributed by atoms with E-state index < -0.39 is 0 Å². The zero-order valence-electron chi connectivity index (χ0n) is 14.0. The summed E-state index contributed by atoms with van der Waals surface area (Å²) in [5.41, 5.74) is 1.97. The van der Waals surface area contributed by atoms with Crippen molar-refractivity contribution in [1.82, 2.24) is 4.90 Å². The number of benzene rings is 1. The van der Waals surface area contributed by atoms with Crippen LogP contribution in [0.15, 0.2) is 30.3 Å². The van der Waals surface area contributed by atoms with Crippen molar-refractivity contribution in [3.05, 3.63) is 35.9 Å². The van der Waals surface area contributed by atoms with E-state index in [0.717, 1.165) is 23.3 Å². The molecule has 0 bridgehead atoms. The molecule has 1 heterocycles. The first kappa shape index (κ1) is 17.5. The quantitative estimate of drug-likeness (QED) is 0.816. The van der Waals surface area contributed by atoms with Crippen LogP contribution in [0.2, 0.25) is 0 Å². The second-order valence-corrected chi connectivity index (χ2v) is 5.67. The van der Waals surface area contributed by atoms with Gasteiger partial charge in [-0.3, -0.25) is 4.79 Å². The summed E-state index contributed by atoms with van der Waals surface area (Å²) >= 11 is 0. The van der Waals surface area contributed by atoms with E-state index in [4.69, 9.17) is 9.47 Å². The predicted molar refractivity (Wildman–Crippen MR) is 89.3 cm³/mol. The smallest absolute Gasteiger partial charge is 0.247 e. The average Bonchev–Trinajstić information content (AvgIpc) is 3.03. The molecule has 1 aliphatic heterocycles. The fourth-order valence-corrected chi connectivity index (χ4v) is 2.91. The molecule has 2 atom stereocenters. The van der Waals surface area contributed by atoms with Gasteiger partial charge in [0.2, 0.25) is 5.91 Å². The van der Waals surface area contributed by atoms with Gasteiger partial charge in [-0.1, -0.05) is 19.1 Å². The maximum Gasteiger partial charge on any atom is 0.247 e. The molecule has 1 aromatic rings. The van der Waals surface area contributed by atoms with Crippen molar-refractivity contribution in [3.63, 3.8) is 0 Å². The van der Waals surface area contributed by atoms with E-state index in [2.05, 4.69) is 0 Å². The molecule has 126 valence electrons. The average molecular weight is 319 g/mol. The van der Waals surface area contributed by atoms with Crippen LogP contribution in [0.1, 0.15) is 25.3 Å². The molecule has 5 nitrogen and oxygen atoms in total. The third-order valence-corrected chi connectivity index (χ3v) is 4.34. The molecule has 1 aromatic carbocycles. The number of nitrogens with zero attached hydrogens (tertiary/aromatic N) is 1. The highest BCUT2D eigenvalue weighted by Crippen LogP contribution is 2.24. The van der Waals surface area contributed by atoms with Gasteiger partial charge in [0.1, 0.15) is 5.75 Å². The van der Waals surface area contributed by atoms with Gasteiger partial charge in [-0.25, -0.2) is 0 Å².